The van der Waals surface area contributed by atoms with Crippen LogP contribution in [0.25, 0.3) is 33.6 Å². The van der Waals surface area contributed by atoms with Crippen LogP contribution in [-0.4, -0.2) is 28.2 Å². The Labute approximate surface area is 183 Å². The van der Waals surface area contributed by atoms with Gasteiger partial charge >= 0.3 is 6.01 Å². The normalized spacial score (nSPS) is 10.8. The molecule has 2 aromatic heterocycles. The molecule has 5 aromatic rings. The number of benzene rings is 3. The van der Waals surface area contributed by atoms with Crippen molar-refractivity contribution in [2.24, 2.45) is 0 Å². The van der Waals surface area contributed by atoms with Crippen molar-refractivity contribution in [2.75, 3.05) is 12.4 Å². The lowest BCUT2D eigenvalue weighted by molar-refractivity contribution is 0.102. The van der Waals surface area contributed by atoms with E-state index in [2.05, 4.69) is 15.5 Å². The number of hydrogen-bond acceptors (Lipinski definition) is 6. The number of nitrogens with one attached hydrogen (secondary N) is 1. The van der Waals surface area contributed by atoms with Gasteiger partial charge < -0.3 is 9.15 Å². The highest BCUT2D eigenvalue weighted by atomic mass is 16.5. The molecule has 7 nitrogen and oxygen atoms in total. The first-order valence-electron chi connectivity index (χ1n) is 9.96. The predicted octanol–water partition coefficient (Wildman–Crippen LogP) is 5.21. The molecule has 0 spiro atoms. The fourth-order valence-electron chi connectivity index (χ4n) is 3.49. The van der Waals surface area contributed by atoms with Crippen molar-refractivity contribution in [3.8, 4) is 28.5 Å². The molecule has 0 radical (unpaired) electrons. The van der Waals surface area contributed by atoms with Crippen LogP contribution < -0.4 is 10.1 Å². The second-order valence-electron chi connectivity index (χ2n) is 7.01. The number of rotatable bonds is 5. The summed E-state index contributed by atoms with van der Waals surface area (Å²) >= 11 is 0. The molecule has 5 rings (SSSR count). The molecule has 32 heavy (non-hydrogen) atoms. The van der Waals surface area contributed by atoms with Gasteiger partial charge in [0.2, 0.25) is 0 Å². The van der Waals surface area contributed by atoms with Gasteiger partial charge in [-0.2, -0.15) is 0 Å². The van der Waals surface area contributed by atoms with E-state index in [1.165, 1.54) is 0 Å². The Balaban J connectivity index is 1.50. The van der Waals surface area contributed by atoms with Crippen molar-refractivity contribution in [1.82, 2.24) is 15.2 Å². The van der Waals surface area contributed by atoms with Gasteiger partial charge in [0.05, 0.1) is 29.4 Å². The smallest absolute Gasteiger partial charge is 0.322 e. The summed E-state index contributed by atoms with van der Waals surface area (Å²) in [4.78, 5) is 17.9. The molecule has 0 aliphatic rings. The standard InChI is InChI=1S/C25H18N4O3/c1-31-22-14-8-6-12-18(22)24-28-29-25(32-24)27-23(30)19-15-21(16-9-3-2-4-10-16)26-20-13-7-5-11-17(19)20/h2-15H,1H3,(H,27,29,30). The van der Waals surface area contributed by atoms with Gasteiger partial charge in [0.15, 0.2) is 0 Å². The maximum Gasteiger partial charge on any atom is 0.322 e. The number of pyridine rings is 1. The Bertz CT molecular complexity index is 1410. The van der Waals surface area contributed by atoms with Crippen molar-refractivity contribution in [3.63, 3.8) is 0 Å². The van der Waals surface area contributed by atoms with Gasteiger partial charge in [0.1, 0.15) is 5.75 Å². The minimum atomic E-state index is -0.365. The highest BCUT2D eigenvalue weighted by Crippen LogP contribution is 2.30. The van der Waals surface area contributed by atoms with Gasteiger partial charge in [-0.05, 0) is 24.3 Å². The maximum absolute atomic E-state index is 13.2. The number of carbonyl (C=O) groups is 1. The molecule has 0 fully saturated rings. The maximum atomic E-state index is 13.2. The van der Waals surface area contributed by atoms with E-state index in [0.29, 0.717) is 22.6 Å². The Hall–Kier alpha value is -4.52. The third-order valence-electron chi connectivity index (χ3n) is 5.01. The Kier molecular flexibility index (Phi) is 5.05. The third-order valence-corrected chi connectivity index (χ3v) is 5.01. The van der Waals surface area contributed by atoms with Crippen LogP contribution in [0.3, 0.4) is 0 Å². The van der Waals surface area contributed by atoms with E-state index in [1.807, 2.05) is 66.7 Å². The van der Waals surface area contributed by atoms with Gasteiger partial charge in [-0.25, -0.2) is 4.98 Å². The average Bonchev–Trinajstić information content (AvgIpc) is 3.32. The van der Waals surface area contributed by atoms with Gasteiger partial charge in [0.25, 0.3) is 11.8 Å². The van der Waals surface area contributed by atoms with Crippen LogP contribution in [0.5, 0.6) is 5.75 Å². The molecule has 0 bridgehead atoms. The lowest BCUT2D eigenvalue weighted by Crippen LogP contribution is -2.13. The van der Waals surface area contributed by atoms with Gasteiger partial charge in [-0.15, -0.1) is 5.10 Å². The van der Waals surface area contributed by atoms with Crippen LogP contribution in [-0.2, 0) is 0 Å². The number of aromatic nitrogens is 3. The fraction of sp³-hybridized carbons (Fsp3) is 0.0400. The predicted molar refractivity (Wildman–Crippen MR) is 121 cm³/mol. The number of nitrogens with zero attached hydrogens (tertiary/aromatic N) is 3. The van der Waals surface area contributed by atoms with Gasteiger partial charge in [-0.1, -0.05) is 65.8 Å². The number of methoxy groups -OCH3 is 1. The number of anilines is 1. The van der Waals surface area contributed by atoms with E-state index >= 15 is 0 Å². The van der Waals surface area contributed by atoms with E-state index in [0.717, 1.165) is 16.5 Å². The summed E-state index contributed by atoms with van der Waals surface area (Å²) in [6.45, 7) is 0. The van der Waals surface area contributed by atoms with Gasteiger partial charge in [-0.3, -0.25) is 10.1 Å². The number of amides is 1. The Morgan fingerprint density at radius 3 is 2.50 bits per heavy atom. The minimum Gasteiger partial charge on any atom is -0.496 e. The monoisotopic (exact) mass is 422 g/mol. The summed E-state index contributed by atoms with van der Waals surface area (Å²) in [5.41, 5.74) is 3.45. The topological polar surface area (TPSA) is 90.1 Å². The summed E-state index contributed by atoms with van der Waals surface area (Å²) in [6.07, 6.45) is 0. The summed E-state index contributed by atoms with van der Waals surface area (Å²) in [6, 6.07) is 26.3. The molecule has 0 atom stereocenters. The van der Waals surface area contributed by atoms with Crippen molar-refractivity contribution in [3.05, 3.63) is 90.5 Å². The number of para-hydroxylation sites is 2. The van der Waals surface area contributed by atoms with Crippen molar-refractivity contribution >= 4 is 22.8 Å². The second-order valence-corrected chi connectivity index (χ2v) is 7.01. The van der Waals surface area contributed by atoms with Crippen LogP contribution in [0.4, 0.5) is 6.01 Å². The van der Waals surface area contributed by atoms with E-state index in [4.69, 9.17) is 14.1 Å². The fourth-order valence-corrected chi connectivity index (χ4v) is 3.49. The molecule has 0 aliphatic heterocycles. The molecule has 156 valence electrons. The highest BCUT2D eigenvalue weighted by Gasteiger charge is 2.18. The zero-order chi connectivity index (χ0) is 21.9. The number of ether oxygens (including phenoxy) is 1. The van der Waals surface area contributed by atoms with Gasteiger partial charge in [0, 0.05) is 10.9 Å². The first-order chi connectivity index (χ1) is 15.7. The zero-order valence-corrected chi connectivity index (χ0v) is 17.1. The third kappa shape index (κ3) is 3.67. The molecule has 1 amide bonds. The molecular formula is C25H18N4O3. The van der Waals surface area contributed by atoms with E-state index in [-0.39, 0.29) is 17.8 Å². The molecule has 0 aliphatic carbocycles. The molecule has 0 saturated heterocycles. The Morgan fingerprint density at radius 2 is 1.66 bits per heavy atom. The Morgan fingerprint density at radius 1 is 0.906 bits per heavy atom. The average molecular weight is 422 g/mol. The number of hydrogen-bond donors (Lipinski definition) is 1. The molecule has 2 heterocycles. The first-order valence-corrected chi connectivity index (χ1v) is 9.96. The van der Waals surface area contributed by atoms with Crippen molar-refractivity contribution < 1.29 is 13.9 Å². The molecule has 1 N–H and O–H groups in total. The van der Waals surface area contributed by atoms with Crippen LogP contribution in [0.2, 0.25) is 0 Å². The summed E-state index contributed by atoms with van der Waals surface area (Å²) < 4.78 is 11.0. The largest absolute Gasteiger partial charge is 0.496 e. The SMILES string of the molecule is COc1ccccc1-c1nnc(NC(=O)c2cc(-c3ccccc3)nc3ccccc23)o1. The highest BCUT2D eigenvalue weighted by molar-refractivity contribution is 6.12. The quantitative estimate of drug-likeness (QED) is 0.418. The number of carbonyl (C=O) groups excluding carboxylic acids is 1. The van der Waals surface area contributed by atoms with Crippen LogP contribution in [0.1, 0.15) is 10.4 Å². The molecule has 3 aromatic carbocycles. The minimum absolute atomic E-state index is 0.00180. The lowest BCUT2D eigenvalue weighted by atomic mass is 10.0. The summed E-state index contributed by atoms with van der Waals surface area (Å²) in [7, 11) is 1.57. The summed E-state index contributed by atoms with van der Waals surface area (Å²) in [5.74, 6) is 0.486. The van der Waals surface area contributed by atoms with Crippen LogP contribution >= 0.6 is 0 Å². The molecular weight excluding hydrogens is 404 g/mol. The first kappa shape index (κ1) is 19.4. The van der Waals surface area contributed by atoms with Crippen molar-refractivity contribution in [2.45, 2.75) is 0 Å². The molecule has 0 saturated carbocycles. The van der Waals surface area contributed by atoms with E-state index in [1.54, 1.807) is 25.3 Å². The molecule has 7 heteroatoms. The van der Waals surface area contributed by atoms with Crippen LogP contribution in [0, 0.1) is 0 Å². The number of fused-ring (bicyclic) bond motifs is 1. The lowest BCUT2D eigenvalue weighted by Gasteiger charge is -2.09. The van der Waals surface area contributed by atoms with E-state index < -0.39 is 0 Å². The van der Waals surface area contributed by atoms with Crippen LogP contribution in [0.15, 0.2) is 89.3 Å². The zero-order valence-electron chi connectivity index (χ0n) is 17.1. The second kappa shape index (κ2) is 8.31. The van der Waals surface area contributed by atoms with Crippen molar-refractivity contribution in [1.29, 1.82) is 0 Å². The van der Waals surface area contributed by atoms with E-state index in [9.17, 15) is 4.79 Å². The molecule has 0 unspecified atom stereocenters. The summed E-state index contributed by atoms with van der Waals surface area (Å²) in [5, 5.41) is 11.5.